The van der Waals surface area contributed by atoms with Gasteiger partial charge in [0.2, 0.25) is 5.91 Å². The van der Waals surface area contributed by atoms with Crippen LogP contribution in [0.2, 0.25) is 0 Å². The monoisotopic (exact) mass is 493 g/mol. The van der Waals surface area contributed by atoms with Gasteiger partial charge in [-0.1, -0.05) is 18.8 Å². The van der Waals surface area contributed by atoms with Gasteiger partial charge in [0.1, 0.15) is 4.88 Å². The van der Waals surface area contributed by atoms with E-state index in [0.717, 1.165) is 37.0 Å². The fourth-order valence-electron chi connectivity index (χ4n) is 4.39. The molecule has 0 saturated heterocycles. The van der Waals surface area contributed by atoms with Crippen molar-refractivity contribution in [2.45, 2.75) is 78.4 Å². The summed E-state index contributed by atoms with van der Waals surface area (Å²) in [5.41, 5.74) is 0.174. The Morgan fingerprint density at radius 2 is 1.79 bits per heavy atom. The Morgan fingerprint density at radius 1 is 1.15 bits per heavy atom. The Kier molecular flexibility index (Phi) is 7.83. The van der Waals surface area contributed by atoms with Crippen molar-refractivity contribution in [3.63, 3.8) is 0 Å². The molecule has 0 radical (unpaired) electrons. The first kappa shape index (κ1) is 26.0. The first-order valence-electron chi connectivity index (χ1n) is 11.7. The predicted octanol–water partition coefficient (Wildman–Crippen LogP) is 6.09. The normalized spacial score (nSPS) is 25.5. The topological polar surface area (TPSA) is 83.9 Å². The van der Waals surface area contributed by atoms with Crippen LogP contribution in [-0.2, 0) is 13.9 Å². The lowest BCUT2D eigenvalue weighted by molar-refractivity contribution is -0.125. The van der Waals surface area contributed by atoms with Crippen LogP contribution in [0, 0.1) is 29.1 Å². The predicted molar refractivity (Wildman–Crippen MR) is 134 cm³/mol. The third-order valence-electron chi connectivity index (χ3n) is 6.23. The molecular formula is C25H36NO5PS. The molecule has 1 amide bonds. The van der Waals surface area contributed by atoms with Crippen LogP contribution in [-0.4, -0.2) is 42.5 Å². The molecule has 0 bridgehead atoms. The number of amides is 1. The molecule has 2 aliphatic rings. The second kappa shape index (κ2) is 9.94. The van der Waals surface area contributed by atoms with Crippen LogP contribution in [0.25, 0.3) is 0 Å². The zero-order chi connectivity index (χ0) is 24.6. The summed E-state index contributed by atoms with van der Waals surface area (Å²) in [5, 5.41) is 9.96. The van der Waals surface area contributed by atoms with Crippen LogP contribution >= 0.6 is 18.7 Å². The zero-order valence-corrected chi connectivity index (χ0v) is 22.2. The Balaban J connectivity index is 2.02. The second-order valence-corrected chi connectivity index (χ2v) is 14.6. The van der Waals surface area contributed by atoms with Crippen molar-refractivity contribution >= 4 is 36.3 Å². The number of hydrogen-bond acceptors (Lipinski definition) is 5. The first-order valence-corrected chi connectivity index (χ1v) is 15.1. The maximum atomic E-state index is 13.8. The Morgan fingerprint density at radius 3 is 2.27 bits per heavy atom. The molecule has 1 N–H and O–H groups in total. The second-order valence-electron chi connectivity index (χ2n) is 10.8. The molecule has 8 heteroatoms. The lowest BCUT2D eigenvalue weighted by atomic mass is 9.80. The minimum absolute atomic E-state index is 0.0436. The van der Waals surface area contributed by atoms with Crippen molar-refractivity contribution in [2.24, 2.45) is 17.3 Å². The van der Waals surface area contributed by atoms with Gasteiger partial charge < -0.3 is 14.5 Å². The lowest BCUT2D eigenvalue weighted by Crippen LogP contribution is -2.56. The molecule has 3 rings (SSSR count). The van der Waals surface area contributed by atoms with Crippen molar-refractivity contribution in [1.29, 1.82) is 0 Å². The minimum atomic E-state index is -2.76. The maximum Gasteiger partial charge on any atom is 0.348 e. The number of carboxylic acid groups (broad SMARTS) is 1. The number of rotatable bonds is 6. The van der Waals surface area contributed by atoms with Gasteiger partial charge in [-0.05, 0) is 71.3 Å². The number of aromatic carboxylic acids is 1. The van der Waals surface area contributed by atoms with Gasteiger partial charge in [0.05, 0.1) is 22.7 Å². The van der Waals surface area contributed by atoms with Gasteiger partial charge in [0.15, 0.2) is 7.37 Å². The fraction of sp³-hybridized carbons (Fsp3) is 0.680. The van der Waals surface area contributed by atoms with Gasteiger partial charge in [-0.2, -0.15) is 0 Å². The maximum absolute atomic E-state index is 13.8. The highest BCUT2D eigenvalue weighted by Crippen LogP contribution is 2.47. The van der Waals surface area contributed by atoms with Crippen molar-refractivity contribution in [3.8, 4) is 11.8 Å². The molecule has 0 aliphatic heterocycles. The molecule has 2 fully saturated rings. The largest absolute Gasteiger partial charge is 0.477 e. The summed E-state index contributed by atoms with van der Waals surface area (Å²) in [5.74, 6) is 5.60. The van der Waals surface area contributed by atoms with E-state index in [2.05, 4.69) is 18.8 Å². The van der Waals surface area contributed by atoms with E-state index in [1.807, 2.05) is 20.8 Å². The van der Waals surface area contributed by atoms with E-state index in [-0.39, 0.29) is 34.3 Å². The quantitative estimate of drug-likeness (QED) is 0.383. The molecule has 1 heterocycles. The number of carbonyl (C=O) groups excluding carboxylic acids is 1. The SMILES string of the molecule is CC1CCC(C(=O)N(c2cc(C#CC(C)(C)C)sc2C(=O)O)C2CCC2OP(C)(C)=O)CC1. The average molecular weight is 494 g/mol. The molecular weight excluding hydrogens is 457 g/mol. The minimum Gasteiger partial charge on any atom is -0.477 e. The Hall–Kier alpha value is -1.61. The molecule has 1 aromatic rings. The molecule has 182 valence electrons. The third-order valence-corrected chi connectivity index (χ3v) is 8.03. The van der Waals surface area contributed by atoms with Gasteiger partial charge in [0, 0.05) is 24.7 Å². The number of carbonyl (C=O) groups is 2. The van der Waals surface area contributed by atoms with Crippen molar-refractivity contribution in [1.82, 2.24) is 0 Å². The summed E-state index contributed by atoms with van der Waals surface area (Å²) in [6.45, 7) is 11.3. The van der Waals surface area contributed by atoms with E-state index in [9.17, 15) is 19.3 Å². The summed E-state index contributed by atoms with van der Waals surface area (Å²) in [7, 11) is -2.76. The van der Waals surface area contributed by atoms with Crippen molar-refractivity contribution in [3.05, 3.63) is 15.8 Å². The smallest absolute Gasteiger partial charge is 0.348 e. The molecule has 1 aromatic heterocycles. The van der Waals surface area contributed by atoms with E-state index in [0.29, 0.717) is 29.3 Å². The lowest BCUT2D eigenvalue weighted by Gasteiger charge is -2.45. The highest BCUT2D eigenvalue weighted by Gasteiger charge is 2.44. The number of anilines is 1. The summed E-state index contributed by atoms with van der Waals surface area (Å²) in [4.78, 5) is 28.4. The van der Waals surface area contributed by atoms with Crippen LogP contribution in [0.15, 0.2) is 6.07 Å². The summed E-state index contributed by atoms with van der Waals surface area (Å²) in [6, 6.07) is 1.42. The van der Waals surface area contributed by atoms with Crippen LogP contribution in [0.3, 0.4) is 0 Å². The van der Waals surface area contributed by atoms with E-state index in [1.165, 1.54) is 0 Å². The van der Waals surface area contributed by atoms with Crippen LogP contribution in [0.4, 0.5) is 5.69 Å². The number of carboxylic acids is 1. The van der Waals surface area contributed by atoms with E-state index >= 15 is 0 Å². The van der Waals surface area contributed by atoms with Crippen molar-refractivity contribution in [2.75, 3.05) is 18.2 Å². The molecule has 2 saturated carbocycles. The van der Waals surface area contributed by atoms with E-state index < -0.39 is 13.3 Å². The summed E-state index contributed by atoms with van der Waals surface area (Å²) >= 11 is 1.10. The summed E-state index contributed by atoms with van der Waals surface area (Å²) in [6.07, 6.45) is 4.62. The summed E-state index contributed by atoms with van der Waals surface area (Å²) < 4.78 is 18.2. The highest BCUT2D eigenvalue weighted by atomic mass is 32.1. The number of nitrogens with zero attached hydrogens (tertiary/aromatic N) is 1. The van der Waals surface area contributed by atoms with Gasteiger partial charge in [-0.3, -0.25) is 9.36 Å². The zero-order valence-electron chi connectivity index (χ0n) is 20.5. The molecule has 2 aliphatic carbocycles. The number of thiophene rings is 1. The van der Waals surface area contributed by atoms with Crippen LogP contribution in [0.1, 0.15) is 80.8 Å². The van der Waals surface area contributed by atoms with Gasteiger partial charge in [0.25, 0.3) is 0 Å². The fourth-order valence-corrected chi connectivity index (χ4v) is 6.12. The first-order chi connectivity index (χ1) is 15.2. The van der Waals surface area contributed by atoms with Crippen LogP contribution in [0.5, 0.6) is 0 Å². The molecule has 33 heavy (non-hydrogen) atoms. The Bertz CT molecular complexity index is 1000. The standard InChI is InChI=1S/C25H36NO5PS/c1-16-7-9-17(10-8-16)23(27)26(19-11-12-21(19)31-32(5,6)30)20-15-18(13-14-25(2,3)4)33-22(20)24(28)29/h15-17,19,21H,7-12H2,1-6H3,(H,28,29). The van der Waals surface area contributed by atoms with E-state index in [4.69, 9.17) is 4.52 Å². The molecule has 2 atom stereocenters. The molecule has 0 aromatic carbocycles. The molecule has 6 nitrogen and oxygen atoms in total. The Labute approximate surface area is 201 Å². The van der Waals surface area contributed by atoms with Gasteiger partial charge in [-0.25, -0.2) is 4.79 Å². The van der Waals surface area contributed by atoms with Gasteiger partial charge in [-0.15, -0.1) is 11.3 Å². The molecule has 2 unspecified atom stereocenters. The average Bonchev–Trinajstić information content (AvgIpc) is 3.11. The molecule has 0 spiro atoms. The highest BCUT2D eigenvalue weighted by molar-refractivity contribution is 7.57. The van der Waals surface area contributed by atoms with Gasteiger partial charge >= 0.3 is 5.97 Å². The van der Waals surface area contributed by atoms with E-state index in [1.54, 1.807) is 24.3 Å². The van der Waals surface area contributed by atoms with Crippen LogP contribution < -0.4 is 4.90 Å². The van der Waals surface area contributed by atoms with Crippen molar-refractivity contribution < 1.29 is 23.8 Å². The third kappa shape index (κ3) is 6.72. The number of hydrogen-bond donors (Lipinski definition) is 1.